The molecule has 2 fully saturated rings. The number of hydrogen-bond acceptors (Lipinski definition) is 4. The molecule has 1 saturated heterocycles. The van der Waals surface area contributed by atoms with Gasteiger partial charge in [-0.15, -0.1) is 0 Å². The highest BCUT2D eigenvalue weighted by molar-refractivity contribution is 6.19. The second-order valence-corrected chi connectivity index (χ2v) is 7.44. The minimum absolute atomic E-state index is 0.119. The van der Waals surface area contributed by atoms with Gasteiger partial charge in [0, 0.05) is 18.7 Å². The fourth-order valence-electron chi connectivity index (χ4n) is 4.39. The number of nitrogens with one attached hydrogen (secondary N) is 2. The molecule has 0 radical (unpaired) electrons. The molecule has 25 heavy (non-hydrogen) atoms. The minimum atomic E-state index is -0.936. The maximum atomic E-state index is 13.0. The van der Waals surface area contributed by atoms with E-state index in [9.17, 15) is 14.4 Å². The molecule has 3 aliphatic rings. The van der Waals surface area contributed by atoms with Crippen molar-refractivity contribution in [3.63, 3.8) is 0 Å². The SMILES string of the molecule is C[C@]12C(=O)c3ccccc3NC(=O)C1[C@H]2C(=O)NCCN1CCCC1. The zero-order valence-corrected chi connectivity index (χ0v) is 14.4. The van der Waals surface area contributed by atoms with Crippen molar-refractivity contribution < 1.29 is 14.4 Å². The number of fused-ring (bicyclic) bond motifs is 2. The summed E-state index contributed by atoms with van der Waals surface area (Å²) >= 11 is 0. The Bertz CT molecular complexity index is 741. The number of rotatable bonds is 4. The number of ketones is 1. The van der Waals surface area contributed by atoms with E-state index in [0.29, 0.717) is 17.8 Å². The van der Waals surface area contributed by atoms with Gasteiger partial charge in [-0.05, 0) is 38.1 Å². The van der Waals surface area contributed by atoms with Crippen molar-refractivity contribution in [2.45, 2.75) is 19.8 Å². The van der Waals surface area contributed by atoms with Crippen LogP contribution in [-0.2, 0) is 9.59 Å². The molecule has 2 heterocycles. The number of para-hydroxylation sites is 1. The van der Waals surface area contributed by atoms with Crippen molar-refractivity contribution in [2.24, 2.45) is 17.3 Å². The number of carbonyl (C=O) groups excluding carboxylic acids is 3. The summed E-state index contributed by atoms with van der Waals surface area (Å²) in [4.78, 5) is 40.4. The van der Waals surface area contributed by atoms with E-state index in [2.05, 4.69) is 15.5 Å². The third kappa shape index (κ3) is 2.56. The highest BCUT2D eigenvalue weighted by Crippen LogP contribution is 2.62. The third-order valence-electron chi connectivity index (χ3n) is 5.93. The van der Waals surface area contributed by atoms with E-state index >= 15 is 0 Å². The van der Waals surface area contributed by atoms with Gasteiger partial charge in [-0.2, -0.15) is 0 Å². The van der Waals surface area contributed by atoms with Crippen LogP contribution in [0, 0.1) is 17.3 Å². The predicted molar refractivity (Wildman–Crippen MR) is 93.2 cm³/mol. The van der Waals surface area contributed by atoms with E-state index in [0.717, 1.165) is 19.6 Å². The van der Waals surface area contributed by atoms with Crippen molar-refractivity contribution in [2.75, 3.05) is 31.5 Å². The van der Waals surface area contributed by atoms with Gasteiger partial charge in [-0.1, -0.05) is 19.1 Å². The van der Waals surface area contributed by atoms with Crippen LogP contribution in [0.2, 0.25) is 0 Å². The molecule has 1 aromatic rings. The van der Waals surface area contributed by atoms with Crippen LogP contribution in [-0.4, -0.2) is 48.7 Å². The van der Waals surface area contributed by atoms with E-state index in [-0.39, 0.29) is 17.6 Å². The van der Waals surface area contributed by atoms with Crippen LogP contribution < -0.4 is 10.6 Å². The maximum Gasteiger partial charge on any atom is 0.229 e. The highest BCUT2D eigenvalue weighted by atomic mass is 16.2. The van der Waals surface area contributed by atoms with Crippen LogP contribution in [0.15, 0.2) is 24.3 Å². The van der Waals surface area contributed by atoms with Gasteiger partial charge >= 0.3 is 0 Å². The lowest BCUT2D eigenvalue weighted by molar-refractivity contribution is -0.125. The Morgan fingerprint density at radius 1 is 1.28 bits per heavy atom. The van der Waals surface area contributed by atoms with Crippen LogP contribution in [0.5, 0.6) is 0 Å². The summed E-state index contributed by atoms with van der Waals surface area (Å²) in [5.74, 6) is -1.70. The Morgan fingerprint density at radius 2 is 2.00 bits per heavy atom. The van der Waals surface area contributed by atoms with Crippen molar-refractivity contribution in [3.8, 4) is 0 Å². The van der Waals surface area contributed by atoms with Crippen molar-refractivity contribution in [3.05, 3.63) is 29.8 Å². The Kier molecular flexibility index (Phi) is 3.87. The van der Waals surface area contributed by atoms with Gasteiger partial charge in [0.05, 0.1) is 22.9 Å². The molecule has 2 N–H and O–H groups in total. The van der Waals surface area contributed by atoms with Crippen molar-refractivity contribution in [1.29, 1.82) is 0 Å². The van der Waals surface area contributed by atoms with Crippen LogP contribution >= 0.6 is 0 Å². The van der Waals surface area contributed by atoms with Crippen LogP contribution in [0.4, 0.5) is 5.69 Å². The van der Waals surface area contributed by atoms with Crippen molar-refractivity contribution in [1.82, 2.24) is 10.2 Å². The van der Waals surface area contributed by atoms with Gasteiger partial charge in [0.25, 0.3) is 0 Å². The molecule has 0 aromatic heterocycles. The molecule has 4 rings (SSSR count). The molecule has 1 aromatic carbocycles. The second-order valence-electron chi connectivity index (χ2n) is 7.44. The largest absolute Gasteiger partial charge is 0.355 e. The number of Topliss-reactive ketones (excluding diaryl/α,β-unsaturated/α-hetero) is 1. The average molecular weight is 341 g/mol. The van der Waals surface area contributed by atoms with Crippen LogP contribution in [0.1, 0.15) is 30.1 Å². The van der Waals surface area contributed by atoms with E-state index in [1.165, 1.54) is 12.8 Å². The van der Waals surface area contributed by atoms with Crippen LogP contribution in [0.25, 0.3) is 0 Å². The topological polar surface area (TPSA) is 78.5 Å². The standard InChI is InChI=1S/C19H23N3O3/c1-19-14(17(24)20-8-11-22-9-4-5-10-22)15(19)18(25)21-13-7-3-2-6-12(13)16(19)23/h2-3,6-7,14-15H,4-5,8-11H2,1H3,(H,20,24)(H,21,25)/t14-,15?,19+/m0/s1. The Morgan fingerprint density at radius 3 is 2.76 bits per heavy atom. The normalized spacial score (nSPS) is 30.9. The maximum absolute atomic E-state index is 13.0. The molecular formula is C19H23N3O3. The summed E-state index contributed by atoms with van der Waals surface area (Å²) < 4.78 is 0. The first-order valence-electron chi connectivity index (χ1n) is 8.98. The molecule has 3 atom stereocenters. The number of nitrogens with zero attached hydrogens (tertiary/aromatic N) is 1. The lowest BCUT2D eigenvalue weighted by Crippen LogP contribution is -2.36. The van der Waals surface area contributed by atoms with E-state index in [1.807, 2.05) is 0 Å². The van der Waals surface area contributed by atoms with Gasteiger partial charge in [0.2, 0.25) is 11.8 Å². The molecule has 6 nitrogen and oxygen atoms in total. The fourth-order valence-corrected chi connectivity index (χ4v) is 4.39. The fraction of sp³-hybridized carbons (Fsp3) is 0.526. The van der Waals surface area contributed by atoms with Gasteiger partial charge < -0.3 is 15.5 Å². The highest BCUT2D eigenvalue weighted by Gasteiger charge is 2.73. The lowest BCUT2D eigenvalue weighted by Gasteiger charge is -2.16. The quantitative estimate of drug-likeness (QED) is 0.865. The molecule has 2 amide bonds. The number of hydrogen-bond donors (Lipinski definition) is 2. The van der Waals surface area contributed by atoms with Gasteiger partial charge in [0.15, 0.2) is 5.78 Å². The summed E-state index contributed by atoms with van der Waals surface area (Å²) in [7, 11) is 0. The monoisotopic (exact) mass is 341 g/mol. The second kappa shape index (κ2) is 5.95. The van der Waals surface area contributed by atoms with Crippen LogP contribution in [0.3, 0.4) is 0 Å². The lowest BCUT2D eigenvalue weighted by atomic mass is 9.92. The Labute approximate surface area is 147 Å². The smallest absolute Gasteiger partial charge is 0.229 e. The van der Waals surface area contributed by atoms with Crippen molar-refractivity contribution >= 4 is 23.3 Å². The predicted octanol–water partition coefficient (Wildman–Crippen LogP) is 1.29. The van der Waals surface area contributed by atoms with E-state index in [4.69, 9.17) is 0 Å². The molecule has 132 valence electrons. The Balaban J connectivity index is 1.47. The van der Waals surface area contributed by atoms with E-state index in [1.54, 1.807) is 31.2 Å². The van der Waals surface area contributed by atoms with Gasteiger partial charge in [-0.3, -0.25) is 14.4 Å². The van der Waals surface area contributed by atoms with E-state index < -0.39 is 17.3 Å². The zero-order chi connectivity index (χ0) is 17.6. The molecule has 1 unspecified atom stereocenters. The summed E-state index contributed by atoms with van der Waals surface area (Å²) in [6, 6.07) is 7.00. The molecule has 1 saturated carbocycles. The summed E-state index contributed by atoms with van der Waals surface area (Å²) in [5.41, 5.74) is 0.0985. The minimum Gasteiger partial charge on any atom is -0.355 e. The molecular weight excluding hydrogens is 318 g/mol. The first kappa shape index (κ1) is 16.3. The average Bonchev–Trinajstić information content (AvgIpc) is 2.97. The Hall–Kier alpha value is -2.21. The number of anilines is 1. The molecule has 2 aliphatic heterocycles. The molecule has 0 spiro atoms. The van der Waals surface area contributed by atoms with Gasteiger partial charge in [-0.25, -0.2) is 0 Å². The summed E-state index contributed by atoms with van der Waals surface area (Å²) in [6.07, 6.45) is 2.43. The number of likely N-dealkylation sites (tertiary alicyclic amines) is 1. The first-order chi connectivity index (χ1) is 12.0. The third-order valence-corrected chi connectivity index (χ3v) is 5.93. The summed E-state index contributed by atoms with van der Waals surface area (Å²) in [5, 5.41) is 5.73. The number of carbonyl (C=O) groups is 3. The molecule has 1 aliphatic carbocycles. The number of benzene rings is 1. The van der Waals surface area contributed by atoms with Gasteiger partial charge in [0.1, 0.15) is 0 Å². The number of amides is 2. The zero-order valence-electron chi connectivity index (χ0n) is 14.4. The molecule has 6 heteroatoms. The first-order valence-corrected chi connectivity index (χ1v) is 8.98. The summed E-state index contributed by atoms with van der Waals surface area (Å²) in [6.45, 7) is 5.29. The molecule has 0 bridgehead atoms.